The monoisotopic (exact) mass is 436 g/mol. The molecule has 162 valence electrons. The Morgan fingerprint density at radius 1 is 1.10 bits per heavy atom. The molecule has 30 heavy (non-hydrogen) atoms. The molecular weight excluding hydrogens is 412 g/mol. The van der Waals surface area contributed by atoms with E-state index in [9.17, 15) is 18.5 Å². The van der Waals surface area contributed by atoms with Crippen LogP contribution in [0.1, 0.15) is 19.4 Å². The second-order valence-electron chi connectivity index (χ2n) is 6.01. The maximum Gasteiger partial charge on any atom is 0.295 e. The molecule has 0 spiro atoms. The molecule has 0 atom stereocenters. The SMILES string of the molecule is CCN(CC)S(=O)(=O)c1ccc(NN=Cc2ccc(OC)c(OC)c2)c([N+](=O)[O-])c1. The van der Waals surface area contributed by atoms with Crippen LogP contribution in [0.5, 0.6) is 11.5 Å². The Balaban J connectivity index is 2.30. The van der Waals surface area contributed by atoms with E-state index in [1.807, 2.05) is 0 Å². The summed E-state index contributed by atoms with van der Waals surface area (Å²) in [5.41, 5.74) is 2.93. The zero-order chi connectivity index (χ0) is 22.3. The van der Waals surface area contributed by atoms with Crippen molar-refractivity contribution in [1.82, 2.24) is 4.31 Å². The van der Waals surface area contributed by atoms with E-state index in [1.54, 1.807) is 32.0 Å². The molecule has 0 saturated heterocycles. The van der Waals surface area contributed by atoms with Crippen LogP contribution in [-0.4, -0.2) is 51.2 Å². The number of benzene rings is 2. The summed E-state index contributed by atoms with van der Waals surface area (Å²) in [6, 6.07) is 8.80. The lowest BCUT2D eigenvalue weighted by Gasteiger charge is -2.18. The van der Waals surface area contributed by atoms with E-state index in [0.717, 1.165) is 6.07 Å². The normalized spacial score (nSPS) is 11.6. The molecule has 0 aliphatic heterocycles. The van der Waals surface area contributed by atoms with Crippen LogP contribution in [0.4, 0.5) is 11.4 Å². The first-order valence-corrected chi connectivity index (χ1v) is 10.5. The van der Waals surface area contributed by atoms with Crippen LogP contribution in [-0.2, 0) is 10.0 Å². The van der Waals surface area contributed by atoms with Crippen LogP contribution < -0.4 is 14.9 Å². The molecule has 0 fully saturated rings. The number of hydrogen-bond donors (Lipinski definition) is 1. The van der Waals surface area contributed by atoms with Crippen molar-refractivity contribution in [2.75, 3.05) is 32.7 Å². The van der Waals surface area contributed by atoms with Crippen molar-refractivity contribution in [3.8, 4) is 11.5 Å². The van der Waals surface area contributed by atoms with Gasteiger partial charge < -0.3 is 9.47 Å². The number of methoxy groups -OCH3 is 2. The van der Waals surface area contributed by atoms with Gasteiger partial charge in [0.05, 0.1) is 30.3 Å². The minimum atomic E-state index is -3.81. The molecule has 0 aliphatic rings. The van der Waals surface area contributed by atoms with Gasteiger partial charge in [-0.25, -0.2) is 8.42 Å². The van der Waals surface area contributed by atoms with Gasteiger partial charge >= 0.3 is 0 Å². The number of ether oxygens (including phenoxy) is 2. The predicted octanol–water partition coefficient (Wildman–Crippen LogP) is 3.09. The molecule has 2 aromatic rings. The van der Waals surface area contributed by atoms with E-state index in [1.165, 1.54) is 36.9 Å². The molecule has 0 aliphatic carbocycles. The van der Waals surface area contributed by atoms with Crippen LogP contribution in [0.2, 0.25) is 0 Å². The molecule has 0 heterocycles. The maximum atomic E-state index is 12.6. The highest BCUT2D eigenvalue weighted by molar-refractivity contribution is 7.89. The highest BCUT2D eigenvalue weighted by atomic mass is 32.2. The molecule has 0 unspecified atom stereocenters. The van der Waals surface area contributed by atoms with Gasteiger partial charge in [-0.05, 0) is 35.9 Å². The van der Waals surface area contributed by atoms with Crippen LogP contribution in [0, 0.1) is 10.1 Å². The topological polar surface area (TPSA) is 123 Å². The van der Waals surface area contributed by atoms with Crippen molar-refractivity contribution >= 4 is 27.6 Å². The molecule has 2 rings (SSSR count). The number of nitrogens with zero attached hydrogens (tertiary/aromatic N) is 3. The fourth-order valence-corrected chi connectivity index (χ4v) is 4.22. The number of hydrogen-bond acceptors (Lipinski definition) is 8. The molecule has 0 amide bonds. The van der Waals surface area contributed by atoms with Gasteiger partial charge in [0.1, 0.15) is 5.69 Å². The van der Waals surface area contributed by atoms with Gasteiger partial charge in [0, 0.05) is 19.2 Å². The summed E-state index contributed by atoms with van der Waals surface area (Å²) in [5, 5.41) is 15.5. The number of nitrogens with one attached hydrogen (secondary N) is 1. The summed E-state index contributed by atoms with van der Waals surface area (Å²) in [7, 11) is -0.783. The number of sulfonamides is 1. The van der Waals surface area contributed by atoms with E-state index in [-0.39, 0.29) is 23.7 Å². The quantitative estimate of drug-likeness (QED) is 0.345. The maximum absolute atomic E-state index is 12.6. The summed E-state index contributed by atoms with van der Waals surface area (Å²) in [4.78, 5) is 10.7. The smallest absolute Gasteiger partial charge is 0.295 e. The third kappa shape index (κ3) is 5.05. The summed E-state index contributed by atoms with van der Waals surface area (Å²) in [6.07, 6.45) is 1.45. The van der Waals surface area contributed by atoms with Crippen LogP contribution in [0.15, 0.2) is 46.4 Å². The van der Waals surface area contributed by atoms with Gasteiger partial charge in [0.25, 0.3) is 5.69 Å². The average molecular weight is 436 g/mol. The molecule has 11 heteroatoms. The summed E-state index contributed by atoms with van der Waals surface area (Å²) >= 11 is 0. The van der Waals surface area contributed by atoms with E-state index in [4.69, 9.17) is 9.47 Å². The fraction of sp³-hybridized carbons (Fsp3) is 0.316. The van der Waals surface area contributed by atoms with Gasteiger partial charge in [0.15, 0.2) is 11.5 Å². The van der Waals surface area contributed by atoms with Crippen molar-refractivity contribution in [3.63, 3.8) is 0 Å². The minimum Gasteiger partial charge on any atom is -0.493 e. The summed E-state index contributed by atoms with van der Waals surface area (Å²) in [5.74, 6) is 1.07. The van der Waals surface area contributed by atoms with Gasteiger partial charge in [-0.3, -0.25) is 15.5 Å². The zero-order valence-electron chi connectivity index (χ0n) is 17.2. The van der Waals surface area contributed by atoms with E-state index < -0.39 is 20.6 Å². The second-order valence-corrected chi connectivity index (χ2v) is 7.95. The molecule has 0 aromatic heterocycles. The largest absolute Gasteiger partial charge is 0.493 e. The molecule has 0 radical (unpaired) electrons. The number of hydrazone groups is 1. The highest BCUT2D eigenvalue weighted by Crippen LogP contribution is 2.29. The number of nitro groups is 1. The van der Waals surface area contributed by atoms with E-state index >= 15 is 0 Å². The van der Waals surface area contributed by atoms with Crippen molar-refractivity contribution < 1.29 is 22.8 Å². The second kappa shape index (κ2) is 10.0. The van der Waals surface area contributed by atoms with Crippen molar-refractivity contribution in [2.24, 2.45) is 5.10 Å². The van der Waals surface area contributed by atoms with E-state index in [0.29, 0.717) is 17.1 Å². The molecule has 0 saturated carbocycles. The first-order valence-electron chi connectivity index (χ1n) is 9.08. The van der Waals surface area contributed by atoms with Crippen LogP contribution in [0.25, 0.3) is 0 Å². The van der Waals surface area contributed by atoms with E-state index in [2.05, 4.69) is 10.5 Å². The standard InChI is InChI=1S/C19H24N4O6S/c1-5-22(6-2)30(26,27)15-8-9-16(17(12-15)23(24)25)21-20-13-14-7-10-18(28-3)19(11-14)29-4/h7-13,21H,5-6H2,1-4H3. The zero-order valence-corrected chi connectivity index (χ0v) is 18.0. The first kappa shape index (κ1) is 23.1. The summed E-state index contributed by atoms with van der Waals surface area (Å²) in [6.45, 7) is 3.94. The fourth-order valence-electron chi connectivity index (χ4n) is 2.74. The Hall–Kier alpha value is -3.18. The predicted molar refractivity (Wildman–Crippen MR) is 114 cm³/mol. The number of nitro benzene ring substituents is 1. The Labute approximate surface area is 175 Å². The van der Waals surface area contributed by atoms with Crippen molar-refractivity contribution in [3.05, 3.63) is 52.1 Å². The third-order valence-corrected chi connectivity index (χ3v) is 6.36. The Morgan fingerprint density at radius 3 is 2.33 bits per heavy atom. The minimum absolute atomic E-state index is 0.0650. The average Bonchev–Trinajstić information content (AvgIpc) is 2.74. The third-order valence-electron chi connectivity index (χ3n) is 4.32. The lowest BCUT2D eigenvalue weighted by Crippen LogP contribution is -2.30. The lowest BCUT2D eigenvalue weighted by atomic mass is 10.2. The highest BCUT2D eigenvalue weighted by Gasteiger charge is 2.25. The molecule has 1 N–H and O–H groups in total. The number of anilines is 1. The molecule has 10 nitrogen and oxygen atoms in total. The number of rotatable bonds is 10. The van der Waals surface area contributed by atoms with Crippen molar-refractivity contribution in [2.45, 2.75) is 18.7 Å². The molecule has 2 aromatic carbocycles. The molecule has 0 bridgehead atoms. The first-order chi connectivity index (χ1) is 14.3. The van der Waals surface area contributed by atoms with Crippen LogP contribution in [0.3, 0.4) is 0 Å². The Morgan fingerprint density at radius 2 is 1.77 bits per heavy atom. The Kier molecular flexibility index (Phi) is 7.72. The van der Waals surface area contributed by atoms with Crippen LogP contribution >= 0.6 is 0 Å². The summed E-state index contributed by atoms with van der Waals surface area (Å²) < 4.78 is 36.9. The van der Waals surface area contributed by atoms with Gasteiger partial charge in [-0.2, -0.15) is 9.41 Å². The lowest BCUT2D eigenvalue weighted by molar-refractivity contribution is -0.384. The van der Waals surface area contributed by atoms with Crippen molar-refractivity contribution in [1.29, 1.82) is 0 Å². The van der Waals surface area contributed by atoms with Gasteiger partial charge in [-0.15, -0.1) is 0 Å². The van der Waals surface area contributed by atoms with Gasteiger partial charge in [-0.1, -0.05) is 13.8 Å². The molecular formula is C19H24N4O6S. The Bertz CT molecular complexity index is 1040. The van der Waals surface area contributed by atoms with Gasteiger partial charge in [0.2, 0.25) is 10.0 Å².